The Hall–Kier alpha value is -0.800. The molecule has 1 aromatic heterocycles. The van der Waals surface area contributed by atoms with Gasteiger partial charge in [0.2, 0.25) is 0 Å². The van der Waals surface area contributed by atoms with Crippen molar-refractivity contribution in [2.75, 3.05) is 0 Å². The fourth-order valence-electron chi connectivity index (χ4n) is 0.696. The van der Waals surface area contributed by atoms with Crippen LogP contribution in [0.25, 0.3) is 0 Å². The second-order valence-corrected chi connectivity index (χ2v) is 7.18. The Bertz CT molecular complexity index is 386. The normalized spacial score (nSPS) is 14.2. The number of hydrogen-bond acceptors (Lipinski definition) is 7. The van der Waals surface area contributed by atoms with E-state index < -0.39 is 22.4 Å². The summed E-state index contributed by atoms with van der Waals surface area (Å²) in [6.45, 7) is 3.11. The number of aliphatic carboxylic acids is 2. The third kappa shape index (κ3) is 4.52. The average Bonchev–Trinajstić information content (AvgIpc) is 2.65. The zero-order valence-electron chi connectivity index (χ0n) is 8.98. The van der Waals surface area contributed by atoms with Crippen LogP contribution in [0.3, 0.4) is 0 Å². The molecule has 1 aromatic rings. The highest BCUT2D eigenvalue weighted by molar-refractivity contribution is 8.04. The molecular formula is C8H10N2O4S3. The Labute approximate surface area is 110 Å². The van der Waals surface area contributed by atoms with E-state index in [0.717, 1.165) is 23.5 Å². The lowest BCUT2D eigenvalue weighted by molar-refractivity contribution is -0.137. The third-order valence-corrected chi connectivity index (χ3v) is 4.91. The van der Waals surface area contributed by atoms with E-state index in [9.17, 15) is 9.59 Å². The molecule has 2 unspecified atom stereocenters. The number of hydrogen-bond donors (Lipinski definition) is 2. The van der Waals surface area contributed by atoms with Gasteiger partial charge in [0.25, 0.3) is 0 Å². The molecule has 1 rings (SSSR count). The van der Waals surface area contributed by atoms with Crippen LogP contribution in [0.1, 0.15) is 13.8 Å². The van der Waals surface area contributed by atoms with Crippen molar-refractivity contribution >= 4 is 46.8 Å². The molecular weight excluding hydrogens is 284 g/mol. The maximum Gasteiger partial charge on any atom is 0.316 e. The summed E-state index contributed by atoms with van der Waals surface area (Å²) in [5.41, 5.74) is 0. The van der Waals surface area contributed by atoms with Crippen LogP contribution in [-0.4, -0.2) is 42.8 Å². The van der Waals surface area contributed by atoms with Gasteiger partial charge in [-0.3, -0.25) is 9.59 Å². The summed E-state index contributed by atoms with van der Waals surface area (Å²) in [6.07, 6.45) is 0. The summed E-state index contributed by atoms with van der Waals surface area (Å²) in [5, 5.41) is 23.9. The lowest BCUT2D eigenvalue weighted by atomic mass is 10.5. The van der Waals surface area contributed by atoms with E-state index in [1.807, 2.05) is 0 Å². The molecule has 0 bridgehead atoms. The first-order valence-electron chi connectivity index (χ1n) is 4.52. The monoisotopic (exact) mass is 294 g/mol. The van der Waals surface area contributed by atoms with Crippen LogP contribution in [-0.2, 0) is 9.59 Å². The minimum Gasteiger partial charge on any atom is -0.480 e. The first kappa shape index (κ1) is 14.3. The molecule has 0 radical (unpaired) electrons. The van der Waals surface area contributed by atoms with Crippen LogP contribution in [0.15, 0.2) is 8.68 Å². The quantitative estimate of drug-likeness (QED) is 0.764. The van der Waals surface area contributed by atoms with Crippen molar-refractivity contribution in [1.29, 1.82) is 0 Å². The van der Waals surface area contributed by atoms with E-state index in [4.69, 9.17) is 10.2 Å². The van der Waals surface area contributed by atoms with Gasteiger partial charge in [-0.2, -0.15) is 0 Å². The molecule has 0 spiro atoms. The SMILES string of the molecule is CC(Sc1nnc(SC(C)C(=O)O)s1)C(=O)O. The second-order valence-electron chi connectivity index (χ2n) is 3.03. The molecule has 6 nitrogen and oxygen atoms in total. The number of carboxylic acid groups (broad SMARTS) is 2. The van der Waals surface area contributed by atoms with Crippen LogP contribution < -0.4 is 0 Å². The molecule has 0 saturated carbocycles. The highest BCUT2D eigenvalue weighted by Gasteiger charge is 2.18. The summed E-state index contributed by atoms with van der Waals surface area (Å²) in [6, 6.07) is 0. The van der Waals surface area contributed by atoms with Crippen LogP contribution in [0.5, 0.6) is 0 Å². The van der Waals surface area contributed by atoms with Crippen LogP contribution in [0, 0.1) is 0 Å². The van der Waals surface area contributed by atoms with E-state index in [2.05, 4.69) is 10.2 Å². The van der Waals surface area contributed by atoms with E-state index in [1.165, 1.54) is 11.3 Å². The van der Waals surface area contributed by atoms with Crippen molar-refractivity contribution in [3.05, 3.63) is 0 Å². The van der Waals surface area contributed by atoms with E-state index in [-0.39, 0.29) is 0 Å². The van der Waals surface area contributed by atoms with Crippen molar-refractivity contribution in [2.24, 2.45) is 0 Å². The molecule has 1 heterocycles. The van der Waals surface area contributed by atoms with Gasteiger partial charge in [0.05, 0.1) is 0 Å². The topological polar surface area (TPSA) is 100 Å². The van der Waals surface area contributed by atoms with Gasteiger partial charge in [-0.15, -0.1) is 10.2 Å². The summed E-state index contributed by atoms with van der Waals surface area (Å²) in [7, 11) is 0. The maximum absolute atomic E-state index is 10.6. The molecule has 0 saturated heterocycles. The lowest BCUT2D eigenvalue weighted by Gasteiger charge is -2.01. The van der Waals surface area contributed by atoms with Crippen LogP contribution in [0.4, 0.5) is 0 Å². The predicted molar refractivity (Wildman–Crippen MR) is 65.8 cm³/mol. The summed E-state index contributed by atoms with van der Waals surface area (Å²) in [5.74, 6) is -1.84. The minimum absolute atomic E-state index is 0.528. The van der Waals surface area contributed by atoms with Gasteiger partial charge in [-0.1, -0.05) is 34.9 Å². The molecule has 0 amide bonds. The Morgan fingerprint density at radius 1 is 1.06 bits per heavy atom. The van der Waals surface area contributed by atoms with Crippen molar-refractivity contribution in [2.45, 2.75) is 33.0 Å². The Morgan fingerprint density at radius 2 is 1.41 bits per heavy atom. The third-order valence-electron chi connectivity index (χ3n) is 1.64. The van der Waals surface area contributed by atoms with Gasteiger partial charge in [0.1, 0.15) is 10.5 Å². The fraction of sp³-hybridized carbons (Fsp3) is 0.500. The van der Waals surface area contributed by atoms with Crippen molar-refractivity contribution in [1.82, 2.24) is 10.2 Å². The van der Waals surface area contributed by atoms with E-state index in [1.54, 1.807) is 13.8 Å². The first-order chi connectivity index (χ1) is 7.90. The van der Waals surface area contributed by atoms with Gasteiger partial charge < -0.3 is 10.2 Å². The number of rotatable bonds is 6. The number of carbonyl (C=O) groups is 2. The Balaban J connectivity index is 2.59. The summed E-state index contributed by atoms with van der Waals surface area (Å²) in [4.78, 5) is 21.3. The molecule has 2 atom stereocenters. The first-order valence-corrected chi connectivity index (χ1v) is 7.10. The lowest BCUT2D eigenvalue weighted by Crippen LogP contribution is -2.10. The minimum atomic E-state index is -0.918. The average molecular weight is 294 g/mol. The molecule has 0 aromatic carbocycles. The maximum atomic E-state index is 10.6. The smallest absolute Gasteiger partial charge is 0.316 e. The summed E-state index contributed by atoms with van der Waals surface area (Å²) < 4.78 is 1.06. The zero-order valence-corrected chi connectivity index (χ0v) is 11.4. The van der Waals surface area contributed by atoms with Crippen LogP contribution >= 0.6 is 34.9 Å². The molecule has 0 aliphatic carbocycles. The van der Waals surface area contributed by atoms with Crippen molar-refractivity contribution in [3.8, 4) is 0 Å². The Kier molecular flexibility index (Phi) is 5.22. The van der Waals surface area contributed by atoms with E-state index >= 15 is 0 Å². The molecule has 0 aliphatic heterocycles. The van der Waals surface area contributed by atoms with Crippen LogP contribution in [0.2, 0.25) is 0 Å². The van der Waals surface area contributed by atoms with Crippen molar-refractivity contribution < 1.29 is 19.8 Å². The highest BCUT2D eigenvalue weighted by atomic mass is 32.2. The largest absolute Gasteiger partial charge is 0.480 e. The fourth-order valence-corrected chi connectivity index (χ4v) is 3.87. The number of aromatic nitrogens is 2. The summed E-state index contributed by atoms with van der Waals surface area (Å²) >= 11 is 3.39. The number of carboxylic acids is 2. The van der Waals surface area contributed by atoms with Crippen molar-refractivity contribution in [3.63, 3.8) is 0 Å². The Morgan fingerprint density at radius 3 is 1.71 bits per heavy atom. The number of nitrogens with zero attached hydrogens (tertiary/aromatic N) is 2. The van der Waals surface area contributed by atoms with Gasteiger partial charge >= 0.3 is 11.9 Å². The molecule has 0 aliphatic rings. The zero-order chi connectivity index (χ0) is 13.0. The van der Waals surface area contributed by atoms with Gasteiger partial charge in [-0.05, 0) is 13.8 Å². The van der Waals surface area contributed by atoms with Gasteiger partial charge in [0, 0.05) is 0 Å². The predicted octanol–water partition coefficient (Wildman–Crippen LogP) is 1.67. The molecule has 9 heteroatoms. The van der Waals surface area contributed by atoms with Gasteiger partial charge in [0.15, 0.2) is 8.68 Å². The highest BCUT2D eigenvalue weighted by Crippen LogP contribution is 2.32. The molecule has 0 fully saturated rings. The second kappa shape index (κ2) is 6.22. The number of thioether (sulfide) groups is 2. The molecule has 2 N–H and O–H groups in total. The standard InChI is InChI=1S/C8H10N2O4S3/c1-3(5(11)12)15-7-9-10-8(17-7)16-4(2)6(13)14/h3-4H,1-2H3,(H,11,12)(H,13,14). The van der Waals surface area contributed by atoms with Gasteiger partial charge in [-0.25, -0.2) is 0 Å². The molecule has 17 heavy (non-hydrogen) atoms. The van der Waals surface area contributed by atoms with E-state index in [0.29, 0.717) is 8.68 Å². The molecule has 94 valence electrons.